The number of alkyl halides is 2. The summed E-state index contributed by atoms with van der Waals surface area (Å²) in [7, 11) is 0. The first-order chi connectivity index (χ1) is 5.18. The molecule has 0 heterocycles. The Hall–Kier alpha value is 0.540. The van der Waals surface area contributed by atoms with Gasteiger partial charge < -0.3 is 0 Å². The summed E-state index contributed by atoms with van der Waals surface area (Å²) in [5, 5.41) is -0.508. The molecule has 0 saturated carbocycles. The quantitative estimate of drug-likeness (QED) is 0.402. The molecule has 0 fully saturated rings. The van der Waals surface area contributed by atoms with Gasteiger partial charge in [0.2, 0.25) is 5.24 Å². The van der Waals surface area contributed by atoms with E-state index in [1.54, 1.807) is 0 Å². The fraction of sp³-hybridized carbons (Fsp3) is 0.857. The summed E-state index contributed by atoms with van der Waals surface area (Å²) < 4.78 is 0. The van der Waals surface area contributed by atoms with Crippen molar-refractivity contribution in [3.63, 3.8) is 0 Å². The van der Waals surface area contributed by atoms with Crippen LogP contribution < -0.4 is 0 Å². The van der Waals surface area contributed by atoms with Crippen LogP contribution in [0.4, 0.5) is 0 Å². The Labute approximate surface area is 83.0 Å². The van der Waals surface area contributed by atoms with Crippen molar-refractivity contribution >= 4 is 40.0 Å². The van der Waals surface area contributed by atoms with E-state index in [0.29, 0.717) is 0 Å². The maximum absolute atomic E-state index is 9.45. The second-order valence-electron chi connectivity index (χ2n) is 1.88. The second-order valence-corrected chi connectivity index (χ2v) is 2.95. The van der Waals surface area contributed by atoms with Crippen LogP contribution in [0.3, 0.4) is 0 Å². The molecular weight excluding hydrogens is 206 g/mol. The molecule has 0 aromatic heterocycles. The molecule has 1 nitrogen and oxygen atoms in total. The number of rotatable bonds is 4. The first-order valence-electron chi connectivity index (χ1n) is 3.49. The van der Waals surface area contributed by atoms with Gasteiger partial charge in [-0.05, 0) is 18.0 Å². The van der Waals surface area contributed by atoms with Gasteiger partial charge in [-0.1, -0.05) is 19.8 Å². The van der Waals surface area contributed by atoms with Gasteiger partial charge in [0.15, 0.2) is 0 Å². The van der Waals surface area contributed by atoms with E-state index in [2.05, 4.69) is 6.92 Å². The Morgan fingerprint density at radius 3 is 1.82 bits per heavy atom. The van der Waals surface area contributed by atoms with Gasteiger partial charge in [0.1, 0.15) is 0 Å². The molecule has 11 heavy (non-hydrogen) atoms. The van der Waals surface area contributed by atoms with Crippen molar-refractivity contribution in [3.8, 4) is 0 Å². The van der Waals surface area contributed by atoms with Crippen molar-refractivity contribution in [2.45, 2.75) is 26.2 Å². The average Bonchev–Trinajstić information content (AvgIpc) is 2.02. The highest BCUT2D eigenvalue weighted by Crippen LogP contribution is 1.93. The largest absolute Gasteiger partial charge is 0.280 e. The van der Waals surface area contributed by atoms with Crippen LogP contribution in [0.25, 0.3) is 0 Å². The zero-order valence-electron chi connectivity index (χ0n) is 6.58. The Morgan fingerprint density at radius 1 is 1.27 bits per heavy atom. The highest BCUT2D eigenvalue weighted by Gasteiger charge is 1.83. The summed E-state index contributed by atoms with van der Waals surface area (Å²) in [5.74, 6) is 0.732. The highest BCUT2D eigenvalue weighted by molar-refractivity contribution is 6.67. The molecule has 0 unspecified atom stereocenters. The number of carbonyl (C=O) groups excluding carboxylic acids is 1. The third kappa shape index (κ3) is 25.0. The van der Waals surface area contributed by atoms with Gasteiger partial charge in [-0.3, -0.25) is 4.79 Å². The molecule has 0 bridgehead atoms. The molecule has 0 aromatic rings. The lowest BCUT2D eigenvalue weighted by Gasteiger charge is -1.84. The minimum atomic E-state index is -0.508. The summed E-state index contributed by atoms with van der Waals surface area (Å²) >= 11 is 14.9. The highest BCUT2D eigenvalue weighted by atomic mass is 35.5. The maximum Gasteiger partial charge on any atom is 0.236 e. The molecule has 0 saturated heterocycles. The molecule has 0 aliphatic carbocycles. The van der Waals surface area contributed by atoms with Crippen molar-refractivity contribution in [1.82, 2.24) is 0 Å². The van der Waals surface area contributed by atoms with E-state index in [-0.39, 0.29) is 5.88 Å². The van der Waals surface area contributed by atoms with Crippen molar-refractivity contribution in [2.75, 3.05) is 11.8 Å². The smallest absolute Gasteiger partial charge is 0.236 e. The predicted octanol–water partition coefficient (Wildman–Crippen LogP) is 3.41. The van der Waals surface area contributed by atoms with Gasteiger partial charge in [-0.2, -0.15) is 0 Å². The van der Waals surface area contributed by atoms with Gasteiger partial charge in [0, 0.05) is 5.88 Å². The van der Waals surface area contributed by atoms with Gasteiger partial charge in [0.25, 0.3) is 0 Å². The topological polar surface area (TPSA) is 17.1 Å². The van der Waals surface area contributed by atoms with Crippen LogP contribution in [0.2, 0.25) is 0 Å². The zero-order valence-corrected chi connectivity index (χ0v) is 8.85. The Kier molecular flexibility index (Phi) is 16.8. The minimum Gasteiger partial charge on any atom is -0.280 e. The van der Waals surface area contributed by atoms with E-state index >= 15 is 0 Å². The van der Waals surface area contributed by atoms with Crippen LogP contribution in [0.5, 0.6) is 0 Å². The SMILES string of the molecule is CCCCCCl.O=C(Cl)CCl. The van der Waals surface area contributed by atoms with Crippen molar-refractivity contribution in [2.24, 2.45) is 0 Å². The molecular formula is C7H13Cl3O. The van der Waals surface area contributed by atoms with Crippen LogP contribution in [-0.2, 0) is 4.79 Å². The molecule has 0 aliphatic heterocycles. The molecule has 0 aromatic carbocycles. The predicted molar refractivity (Wildman–Crippen MR) is 51.8 cm³/mol. The van der Waals surface area contributed by atoms with Crippen molar-refractivity contribution < 1.29 is 4.79 Å². The average molecular weight is 220 g/mol. The lowest BCUT2D eigenvalue weighted by Crippen LogP contribution is -1.81. The van der Waals surface area contributed by atoms with E-state index in [4.69, 9.17) is 34.8 Å². The normalized spacial score (nSPS) is 8.36. The first kappa shape index (κ1) is 14.1. The summed E-state index contributed by atoms with van der Waals surface area (Å²) in [6.07, 6.45) is 3.73. The van der Waals surface area contributed by atoms with Crippen molar-refractivity contribution in [1.29, 1.82) is 0 Å². The van der Waals surface area contributed by atoms with E-state index in [0.717, 1.165) is 5.88 Å². The first-order valence-corrected chi connectivity index (χ1v) is 4.94. The monoisotopic (exact) mass is 218 g/mol. The lowest BCUT2D eigenvalue weighted by molar-refractivity contribution is -0.109. The number of halogens is 3. The summed E-state index contributed by atoms with van der Waals surface area (Å²) in [6, 6.07) is 0. The van der Waals surface area contributed by atoms with Gasteiger partial charge in [0.05, 0.1) is 5.88 Å². The maximum atomic E-state index is 9.45. The van der Waals surface area contributed by atoms with Gasteiger partial charge >= 0.3 is 0 Å². The number of carbonyl (C=O) groups is 1. The molecule has 0 N–H and O–H groups in total. The molecule has 0 atom stereocenters. The third-order valence-corrected chi connectivity index (χ3v) is 1.62. The summed E-state index contributed by atoms with van der Waals surface area (Å²) in [5.41, 5.74) is 0. The molecule has 0 spiro atoms. The third-order valence-electron chi connectivity index (χ3n) is 0.842. The fourth-order valence-corrected chi connectivity index (χ4v) is 0.533. The molecule has 0 amide bonds. The van der Waals surface area contributed by atoms with E-state index in [1.807, 2.05) is 0 Å². The molecule has 0 aliphatic rings. The molecule has 0 radical (unpaired) electrons. The van der Waals surface area contributed by atoms with Crippen molar-refractivity contribution in [3.05, 3.63) is 0 Å². The summed E-state index contributed by atoms with van der Waals surface area (Å²) in [6.45, 7) is 2.17. The molecule has 68 valence electrons. The summed E-state index contributed by atoms with van der Waals surface area (Å²) in [4.78, 5) is 9.45. The Bertz CT molecular complexity index is 81.8. The van der Waals surface area contributed by atoms with E-state index in [1.165, 1.54) is 19.3 Å². The second kappa shape index (κ2) is 13.2. The standard InChI is InChI=1S/C5H11Cl.C2H2Cl2O/c1-2-3-4-5-6;3-1-2(4)5/h2-5H2,1H3;1H2. The van der Waals surface area contributed by atoms with E-state index in [9.17, 15) is 4.79 Å². The number of hydrogen-bond donors (Lipinski definition) is 0. The number of unbranched alkanes of at least 4 members (excludes halogenated alkanes) is 2. The fourth-order valence-electron chi connectivity index (χ4n) is 0.344. The van der Waals surface area contributed by atoms with E-state index < -0.39 is 5.24 Å². The van der Waals surface area contributed by atoms with Crippen LogP contribution in [-0.4, -0.2) is 17.0 Å². The van der Waals surface area contributed by atoms with Crippen LogP contribution in [0.15, 0.2) is 0 Å². The lowest BCUT2D eigenvalue weighted by atomic mass is 10.3. The van der Waals surface area contributed by atoms with Gasteiger partial charge in [-0.15, -0.1) is 23.2 Å². The zero-order chi connectivity index (χ0) is 9.11. The van der Waals surface area contributed by atoms with Gasteiger partial charge in [-0.25, -0.2) is 0 Å². The number of hydrogen-bond acceptors (Lipinski definition) is 1. The molecule has 0 rings (SSSR count). The van der Waals surface area contributed by atoms with Crippen LogP contribution in [0, 0.1) is 0 Å². The molecule has 4 heteroatoms. The van der Waals surface area contributed by atoms with Crippen LogP contribution in [0.1, 0.15) is 26.2 Å². The van der Waals surface area contributed by atoms with Crippen LogP contribution >= 0.6 is 34.8 Å². The Balaban J connectivity index is 0. The Morgan fingerprint density at radius 2 is 1.73 bits per heavy atom. The minimum absolute atomic E-state index is 0.0957.